The van der Waals surface area contributed by atoms with E-state index < -0.39 is 0 Å². The monoisotopic (exact) mass is 306 g/mol. The maximum atomic E-state index is 12.5. The van der Waals surface area contributed by atoms with Gasteiger partial charge in [0.1, 0.15) is 5.76 Å². The van der Waals surface area contributed by atoms with E-state index in [1.807, 2.05) is 61.5 Å². The lowest BCUT2D eigenvalue weighted by molar-refractivity contribution is 0.0967. The van der Waals surface area contributed by atoms with Crippen LogP contribution in [0.25, 0.3) is 11.3 Å². The molecule has 0 atom stereocenters. The van der Waals surface area contributed by atoms with Gasteiger partial charge in [0.2, 0.25) is 0 Å². The van der Waals surface area contributed by atoms with Crippen LogP contribution < -0.4 is 10.6 Å². The van der Waals surface area contributed by atoms with Crippen molar-refractivity contribution in [3.05, 3.63) is 72.0 Å². The predicted molar refractivity (Wildman–Crippen MR) is 92.5 cm³/mol. The van der Waals surface area contributed by atoms with Gasteiger partial charge >= 0.3 is 0 Å². The van der Waals surface area contributed by atoms with Crippen LogP contribution in [0.15, 0.2) is 65.1 Å². The molecular formula is C19H18N2O2. The van der Waals surface area contributed by atoms with Crippen molar-refractivity contribution in [1.82, 2.24) is 0 Å². The zero-order chi connectivity index (χ0) is 16.4. The maximum Gasteiger partial charge on any atom is 0.293 e. The van der Waals surface area contributed by atoms with Crippen LogP contribution in [0.3, 0.4) is 0 Å². The summed E-state index contributed by atoms with van der Waals surface area (Å²) in [5.41, 5.74) is 9.24. The number of amides is 1. The molecule has 0 aliphatic heterocycles. The topological polar surface area (TPSA) is 59.5 Å². The van der Waals surface area contributed by atoms with Crippen LogP contribution in [-0.2, 0) is 0 Å². The molecule has 0 aliphatic carbocycles. The number of carbonyl (C=O) groups is 1. The Balaban J connectivity index is 1.88. The standard InChI is InChI=1S/C19H18N2O2/c1-13-12-14(20)8-9-16(13)17-10-11-18(23-17)19(22)21(2)15-6-4-3-5-7-15/h3-12H,20H2,1-2H3. The normalized spacial score (nSPS) is 10.5. The van der Waals surface area contributed by atoms with E-state index in [1.54, 1.807) is 18.0 Å². The molecule has 4 heteroatoms. The van der Waals surface area contributed by atoms with Crippen molar-refractivity contribution in [3.8, 4) is 11.3 Å². The third-order valence-corrected chi connectivity index (χ3v) is 3.78. The number of aryl methyl sites for hydroxylation is 1. The number of nitrogens with zero attached hydrogens (tertiary/aromatic N) is 1. The Kier molecular flexibility index (Phi) is 3.89. The molecular weight excluding hydrogens is 288 g/mol. The summed E-state index contributed by atoms with van der Waals surface area (Å²) in [6, 6.07) is 18.6. The SMILES string of the molecule is Cc1cc(N)ccc1-c1ccc(C(=O)N(C)c2ccccc2)o1. The maximum absolute atomic E-state index is 12.5. The van der Waals surface area contributed by atoms with Gasteiger partial charge in [-0.05, 0) is 55.0 Å². The molecule has 0 radical (unpaired) electrons. The highest BCUT2D eigenvalue weighted by Gasteiger charge is 2.18. The van der Waals surface area contributed by atoms with Gasteiger partial charge in [0.05, 0.1) is 0 Å². The Morgan fingerprint density at radius 2 is 1.78 bits per heavy atom. The molecule has 1 amide bonds. The minimum Gasteiger partial charge on any atom is -0.451 e. The summed E-state index contributed by atoms with van der Waals surface area (Å²) in [6.07, 6.45) is 0. The fourth-order valence-electron chi connectivity index (χ4n) is 2.50. The Hall–Kier alpha value is -3.01. The van der Waals surface area contributed by atoms with Gasteiger partial charge in [-0.2, -0.15) is 0 Å². The van der Waals surface area contributed by atoms with Gasteiger partial charge in [-0.25, -0.2) is 0 Å². The molecule has 1 heterocycles. The number of rotatable bonds is 3. The number of furan rings is 1. The molecule has 23 heavy (non-hydrogen) atoms. The smallest absolute Gasteiger partial charge is 0.293 e. The lowest BCUT2D eigenvalue weighted by Crippen LogP contribution is -2.25. The summed E-state index contributed by atoms with van der Waals surface area (Å²) in [6.45, 7) is 1.96. The minimum absolute atomic E-state index is 0.185. The summed E-state index contributed by atoms with van der Waals surface area (Å²) in [7, 11) is 1.73. The van der Waals surface area contributed by atoms with Crippen molar-refractivity contribution >= 4 is 17.3 Å². The second-order valence-electron chi connectivity index (χ2n) is 5.44. The van der Waals surface area contributed by atoms with Crippen LogP contribution in [0, 0.1) is 6.92 Å². The average Bonchev–Trinajstić information content (AvgIpc) is 3.04. The Bertz CT molecular complexity index is 838. The molecule has 0 unspecified atom stereocenters. The Labute approximate surface area is 135 Å². The van der Waals surface area contributed by atoms with Crippen molar-refractivity contribution in [1.29, 1.82) is 0 Å². The quantitative estimate of drug-likeness (QED) is 0.741. The van der Waals surface area contributed by atoms with E-state index in [4.69, 9.17) is 10.2 Å². The predicted octanol–water partition coefficient (Wildman–Crippen LogP) is 4.11. The number of anilines is 2. The van der Waals surface area contributed by atoms with Crippen LogP contribution in [0.2, 0.25) is 0 Å². The molecule has 2 N–H and O–H groups in total. The number of hydrogen-bond acceptors (Lipinski definition) is 3. The number of nitrogens with two attached hydrogens (primary N) is 1. The van der Waals surface area contributed by atoms with Gasteiger partial charge in [-0.3, -0.25) is 4.79 Å². The molecule has 116 valence electrons. The molecule has 3 aromatic rings. The number of benzene rings is 2. The summed E-state index contributed by atoms with van der Waals surface area (Å²) >= 11 is 0. The largest absolute Gasteiger partial charge is 0.451 e. The van der Waals surface area contributed by atoms with Gasteiger partial charge in [-0.15, -0.1) is 0 Å². The first kappa shape index (κ1) is 14.9. The number of hydrogen-bond donors (Lipinski definition) is 1. The van der Waals surface area contributed by atoms with E-state index in [2.05, 4.69) is 0 Å². The van der Waals surface area contributed by atoms with Gasteiger partial charge in [0.25, 0.3) is 5.91 Å². The van der Waals surface area contributed by atoms with E-state index in [0.717, 1.165) is 16.8 Å². The molecule has 0 spiro atoms. The Morgan fingerprint density at radius 3 is 2.48 bits per heavy atom. The fraction of sp³-hybridized carbons (Fsp3) is 0.105. The van der Waals surface area contributed by atoms with Crippen molar-refractivity contribution in [2.24, 2.45) is 0 Å². The summed E-state index contributed by atoms with van der Waals surface area (Å²) in [4.78, 5) is 14.1. The van der Waals surface area contributed by atoms with Gasteiger partial charge in [-0.1, -0.05) is 18.2 Å². The van der Waals surface area contributed by atoms with Crippen LogP contribution >= 0.6 is 0 Å². The van der Waals surface area contributed by atoms with Crippen molar-refractivity contribution in [3.63, 3.8) is 0 Å². The van der Waals surface area contributed by atoms with E-state index in [0.29, 0.717) is 17.2 Å². The van der Waals surface area contributed by atoms with Crippen LogP contribution in [0.5, 0.6) is 0 Å². The zero-order valence-corrected chi connectivity index (χ0v) is 13.1. The van der Waals surface area contributed by atoms with Crippen molar-refractivity contribution < 1.29 is 9.21 Å². The minimum atomic E-state index is -0.185. The number of para-hydroxylation sites is 1. The molecule has 0 saturated heterocycles. The van der Waals surface area contributed by atoms with Crippen molar-refractivity contribution in [2.75, 3.05) is 17.7 Å². The molecule has 0 bridgehead atoms. The highest BCUT2D eigenvalue weighted by Crippen LogP contribution is 2.27. The Morgan fingerprint density at radius 1 is 1.04 bits per heavy atom. The second-order valence-corrected chi connectivity index (χ2v) is 5.44. The van der Waals surface area contributed by atoms with E-state index in [1.165, 1.54) is 0 Å². The first-order valence-electron chi connectivity index (χ1n) is 7.35. The fourth-order valence-corrected chi connectivity index (χ4v) is 2.50. The van der Waals surface area contributed by atoms with E-state index in [9.17, 15) is 4.79 Å². The third kappa shape index (κ3) is 2.97. The highest BCUT2D eigenvalue weighted by molar-refractivity contribution is 6.04. The lowest BCUT2D eigenvalue weighted by atomic mass is 10.1. The molecule has 0 aliphatic rings. The first-order chi connectivity index (χ1) is 11.1. The van der Waals surface area contributed by atoms with Gasteiger partial charge in [0, 0.05) is 24.0 Å². The van der Waals surface area contributed by atoms with Gasteiger partial charge in [0.15, 0.2) is 5.76 Å². The summed E-state index contributed by atoms with van der Waals surface area (Å²) < 4.78 is 5.76. The van der Waals surface area contributed by atoms with Crippen molar-refractivity contribution in [2.45, 2.75) is 6.92 Å². The first-order valence-corrected chi connectivity index (χ1v) is 7.35. The summed E-state index contributed by atoms with van der Waals surface area (Å²) in [5.74, 6) is 0.783. The molecule has 2 aromatic carbocycles. The van der Waals surface area contributed by atoms with E-state index >= 15 is 0 Å². The number of nitrogen functional groups attached to an aromatic ring is 1. The van der Waals surface area contributed by atoms with Crippen LogP contribution in [-0.4, -0.2) is 13.0 Å². The molecule has 3 rings (SSSR count). The molecule has 1 aromatic heterocycles. The highest BCUT2D eigenvalue weighted by atomic mass is 16.4. The van der Waals surface area contributed by atoms with Gasteiger partial charge < -0.3 is 15.1 Å². The molecule has 4 nitrogen and oxygen atoms in total. The molecule has 0 fully saturated rings. The van der Waals surface area contributed by atoms with Crippen LogP contribution in [0.1, 0.15) is 16.1 Å². The van der Waals surface area contributed by atoms with E-state index in [-0.39, 0.29) is 5.91 Å². The lowest BCUT2D eigenvalue weighted by Gasteiger charge is -2.15. The molecule has 0 saturated carbocycles. The van der Waals surface area contributed by atoms with Crippen LogP contribution in [0.4, 0.5) is 11.4 Å². The zero-order valence-electron chi connectivity index (χ0n) is 13.1. The second kappa shape index (κ2) is 6.01. The number of carbonyl (C=O) groups excluding carboxylic acids is 1. The summed E-state index contributed by atoms with van der Waals surface area (Å²) in [5, 5.41) is 0. The average molecular weight is 306 g/mol. The third-order valence-electron chi connectivity index (χ3n) is 3.78.